The normalized spacial score (nSPS) is 21.2. The highest BCUT2D eigenvalue weighted by atomic mass is 16.6. The number of carbonyl (C=O) groups is 1. The lowest BCUT2D eigenvalue weighted by atomic mass is 9.90. The lowest BCUT2D eigenvalue weighted by Gasteiger charge is -2.44. The van der Waals surface area contributed by atoms with Crippen LogP contribution in [0.2, 0.25) is 0 Å². The second kappa shape index (κ2) is 6.20. The van der Waals surface area contributed by atoms with Gasteiger partial charge in [-0.25, -0.2) is 9.78 Å². The molecule has 1 fully saturated rings. The van der Waals surface area contributed by atoms with Crippen LogP contribution in [0.25, 0.3) is 11.3 Å². The van der Waals surface area contributed by atoms with Crippen LogP contribution in [0.1, 0.15) is 35.2 Å². The Balaban J connectivity index is 1.55. The summed E-state index contributed by atoms with van der Waals surface area (Å²) in [6.07, 6.45) is 6.37. The predicted octanol–water partition coefficient (Wildman–Crippen LogP) is 4.16. The number of benzene rings is 2. The first-order valence-corrected chi connectivity index (χ1v) is 9.26. The van der Waals surface area contributed by atoms with Gasteiger partial charge in [0.05, 0.1) is 23.7 Å². The van der Waals surface area contributed by atoms with Crippen LogP contribution in [0.15, 0.2) is 67.0 Å². The van der Waals surface area contributed by atoms with Crippen molar-refractivity contribution in [2.24, 2.45) is 0 Å². The first-order chi connectivity index (χ1) is 13.3. The number of carbonyl (C=O) groups excluding carboxylic acids is 1. The van der Waals surface area contributed by atoms with Crippen LogP contribution < -0.4 is 4.90 Å². The standard InChI is InChI=1S/C22H19N3O2/c26-21-17-10-4-5-11-18(17)22(27-21)12-6-7-13-25(22)20-15-23-19(14-24-20)16-8-2-1-3-9-16/h1-5,8-11,14-15H,6-7,12-13H2. The summed E-state index contributed by atoms with van der Waals surface area (Å²) in [6.45, 7) is 0.779. The number of piperidine rings is 1. The van der Waals surface area contributed by atoms with Gasteiger partial charge in [-0.1, -0.05) is 48.5 Å². The average molecular weight is 357 g/mol. The van der Waals surface area contributed by atoms with Gasteiger partial charge >= 0.3 is 5.97 Å². The summed E-state index contributed by atoms with van der Waals surface area (Å²) in [5.41, 5.74) is 2.67. The number of anilines is 1. The molecule has 0 saturated carbocycles. The van der Waals surface area contributed by atoms with E-state index in [1.165, 1.54) is 0 Å². The smallest absolute Gasteiger partial charge is 0.341 e. The highest BCUT2D eigenvalue weighted by molar-refractivity contribution is 5.95. The monoisotopic (exact) mass is 357 g/mol. The van der Waals surface area contributed by atoms with E-state index in [4.69, 9.17) is 4.74 Å². The molecule has 0 aliphatic carbocycles. The van der Waals surface area contributed by atoms with Crippen molar-refractivity contribution in [3.63, 3.8) is 0 Å². The minimum Gasteiger partial charge on any atom is -0.431 e. The van der Waals surface area contributed by atoms with E-state index in [1.807, 2.05) is 54.6 Å². The summed E-state index contributed by atoms with van der Waals surface area (Å²) in [7, 11) is 0. The molecule has 3 aromatic rings. The zero-order valence-corrected chi connectivity index (χ0v) is 14.8. The summed E-state index contributed by atoms with van der Waals surface area (Å²) >= 11 is 0. The molecule has 1 aromatic heterocycles. The molecule has 1 spiro atoms. The van der Waals surface area contributed by atoms with Gasteiger partial charge in [0, 0.05) is 24.1 Å². The fraction of sp³-hybridized carbons (Fsp3) is 0.227. The van der Waals surface area contributed by atoms with Crippen molar-refractivity contribution in [1.29, 1.82) is 0 Å². The molecule has 1 saturated heterocycles. The Labute approximate surface area is 157 Å². The minimum atomic E-state index is -0.769. The molecule has 0 bridgehead atoms. The summed E-state index contributed by atoms with van der Waals surface area (Å²) in [6, 6.07) is 17.6. The second-order valence-corrected chi connectivity index (χ2v) is 6.95. The van der Waals surface area contributed by atoms with Crippen molar-refractivity contribution in [2.75, 3.05) is 11.4 Å². The van der Waals surface area contributed by atoms with E-state index in [9.17, 15) is 4.79 Å². The van der Waals surface area contributed by atoms with Gasteiger partial charge in [0.1, 0.15) is 5.82 Å². The van der Waals surface area contributed by atoms with Crippen LogP contribution >= 0.6 is 0 Å². The molecule has 1 unspecified atom stereocenters. The number of aromatic nitrogens is 2. The Morgan fingerprint density at radius 3 is 2.56 bits per heavy atom. The summed E-state index contributed by atoms with van der Waals surface area (Å²) < 4.78 is 5.96. The van der Waals surface area contributed by atoms with Gasteiger partial charge in [-0.2, -0.15) is 0 Å². The zero-order valence-electron chi connectivity index (χ0n) is 14.8. The fourth-order valence-electron chi connectivity index (χ4n) is 4.12. The van der Waals surface area contributed by atoms with Crippen molar-refractivity contribution < 1.29 is 9.53 Å². The van der Waals surface area contributed by atoms with Crippen molar-refractivity contribution in [1.82, 2.24) is 9.97 Å². The Bertz CT molecular complexity index is 988. The number of ether oxygens (including phenoxy) is 1. The summed E-state index contributed by atoms with van der Waals surface area (Å²) in [4.78, 5) is 23.8. The maximum atomic E-state index is 12.5. The fourth-order valence-corrected chi connectivity index (χ4v) is 4.12. The van der Waals surface area contributed by atoms with E-state index in [0.717, 1.165) is 48.4 Å². The minimum absolute atomic E-state index is 0.258. The van der Waals surface area contributed by atoms with Crippen molar-refractivity contribution in [3.8, 4) is 11.3 Å². The van der Waals surface area contributed by atoms with Gasteiger partial charge in [-0.15, -0.1) is 0 Å². The number of rotatable bonds is 2. The molecule has 0 radical (unpaired) electrons. The van der Waals surface area contributed by atoms with Gasteiger partial charge in [0.25, 0.3) is 0 Å². The lowest BCUT2D eigenvalue weighted by Crippen LogP contribution is -2.50. The lowest BCUT2D eigenvalue weighted by molar-refractivity contribution is -0.0231. The van der Waals surface area contributed by atoms with E-state index in [1.54, 1.807) is 12.4 Å². The Kier molecular flexibility index (Phi) is 3.67. The molecule has 0 amide bonds. The Morgan fingerprint density at radius 2 is 1.74 bits per heavy atom. The van der Waals surface area contributed by atoms with Crippen molar-refractivity contribution in [2.45, 2.75) is 25.0 Å². The SMILES string of the molecule is O=C1OC2(CCCCN2c2cnc(-c3ccccc3)cn2)c2ccccc21. The number of hydrogen-bond acceptors (Lipinski definition) is 5. The van der Waals surface area contributed by atoms with Gasteiger partial charge in [-0.3, -0.25) is 4.98 Å². The van der Waals surface area contributed by atoms with E-state index >= 15 is 0 Å². The number of hydrogen-bond donors (Lipinski definition) is 0. The largest absolute Gasteiger partial charge is 0.431 e. The number of esters is 1. The molecule has 5 rings (SSSR count). The highest BCUT2D eigenvalue weighted by Crippen LogP contribution is 2.46. The number of nitrogens with zero attached hydrogens (tertiary/aromatic N) is 3. The molecule has 3 heterocycles. The van der Waals surface area contributed by atoms with Crippen LogP contribution in [0.3, 0.4) is 0 Å². The molecule has 1 atom stereocenters. The third-order valence-corrected chi connectivity index (χ3v) is 5.40. The third kappa shape index (κ3) is 2.50. The van der Waals surface area contributed by atoms with Gasteiger partial charge in [-0.05, 0) is 18.9 Å². The molecule has 134 valence electrons. The molecule has 5 nitrogen and oxygen atoms in total. The first kappa shape index (κ1) is 16.0. The summed E-state index contributed by atoms with van der Waals surface area (Å²) in [5.74, 6) is 0.477. The molecule has 2 aromatic carbocycles. The summed E-state index contributed by atoms with van der Waals surface area (Å²) in [5, 5.41) is 0. The molecular weight excluding hydrogens is 338 g/mol. The van der Waals surface area contributed by atoms with Crippen LogP contribution in [-0.2, 0) is 10.5 Å². The molecule has 27 heavy (non-hydrogen) atoms. The van der Waals surface area contributed by atoms with E-state index in [0.29, 0.717) is 5.56 Å². The zero-order chi connectivity index (χ0) is 18.3. The molecule has 0 N–H and O–H groups in total. The Hall–Kier alpha value is -3.21. The van der Waals surface area contributed by atoms with Gasteiger partial charge in [0.2, 0.25) is 5.72 Å². The van der Waals surface area contributed by atoms with Crippen molar-refractivity contribution >= 4 is 11.8 Å². The van der Waals surface area contributed by atoms with Crippen molar-refractivity contribution in [3.05, 3.63) is 78.1 Å². The second-order valence-electron chi connectivity index (χ2n) is 6.95. The third-order valence-electron chi connectivity index (χ3n) is 5.40. The van der Waals surface area contributed by atoms with Gasteiger partial charge in [0.15, 0.2) is 0 Å². The molecule has 5 heteroatoms. The van der Waals surface area contributed by atoms with Crippen LogP contribution in [-0.4, -0.2) is 22.5 Å². The quantitative estimate of drug-likeness (QED) is 0.645. The van der Waals surface area contributed by atoms with E-state index in [2.05, 4.69) is 14.9 Å². The first-order valence-electron chi connectivity index (χ1n) is 9.26. The molecule has 2 aliphatic rings. The van der Waals surface area contributed by atoms with Crippen LogP contribution in [0, 0.1) is 0 Å². The van der Waals surface area contributed by atoms with Crippen LogP contribution in [0.5, 0.6) is 0 Å². The molecule has 2 aliphatic heterocycles. The maximum absolute atomic E-state index is 12.5. The number of fused-ring (bicyclic) bond motifs is 2. The maximum Gasteiger partial charge on any atom is 0.341 e. The van der Waals surface area contributed by atoms with Gasteiger partial charge < -0.3 is 9.64 Å². The van der Waals surface area contributed by atoms with E-state index < -0.39 is 5.72 Å². The van der Waals surface area contributed by atoms with Crippen LogP contribution in [0.4, 0.5) is 5.82 Å². The topological polar surface area (TPSA) is 55.3 Å². The Morgan fingerprint density at radius 1 is 0.926 bits per heavy atom. The van der Waals surface area contributed by atoms with E-state index in [-0.39, 0.29) is 5.97 Å². The highest BCUT2D eigenvalue weighted by Gasteiger charge is 2.51. The predicted molar refractivity (Wildman–Crippen MR) is 102 cm³/mol. The average Bonchev–Trinajstić information content (AvgIpc) is 3.01. The molecular formula is C22H19N3O2.